The van der Waals surface area contributed by atoms with Crippen molar-refractivity contribution in [2.75, 3.05) is 26.7 Å². The highest BCUT2D eigenvalue weighted by atomic mass is 16.5. The minimum absolute atomic E-state index is 0.0184. The van der Waals surface area contributed by atoms with E-state index in [0.29, 0.717) is 0 Å². The van der Waals surface area contributed by atoms with Gasteiger partial charge in [0.1, 0.15) is 5.75 Å². The fourth-order valence-corrected chi connectivity index (χ4v) is 2.89. The smallest absolute Gasteiger partial charge is 0.123 e. The van der Waals surface area contributed by atoms with Crippen molar-refractivity contribution in [2.45, 2.75) is 39.2 Å². The predicted molar refractivity (Wildman–Crippen MR) is 84.1 cm³/mol. The molecule has 1 saturated carbocycles. The molecule has 0 heterocycles. The average molecular weight is 276 g/mol. The zero-order valence-corrected chi connectivity index (χ0v) is 13.1. The van der Waals surface area contributed by atoms with E-state index in [1.807, 2.05) is 6.07 Å². The first kappa shape index (κ1) is 15.3. The van der Waals surface area contributed by atoms with Crippen molar-refractivity contribution in [3.05, 3.63) is 29.3 Å². The molecule has 1 aliphatic carbocycles. The topological polar surface area (TPSA) is 38.5 Å². The minimum Gasteiger partial charge on any atom is -0.496 e. The highest BCUT2D eigenvalue weighted by molar-refractivity contribution is 5.39. The number of ether oxygens (including phenoxy) is 1. The van der Waals surface area contributed by atoms with Gasteiger partial charge in [-0.15, -0.1) is 0 Å². The third-order valence-electron chi connectivity index (χ3n) is 4.43. The Bertz CT molecular complexity index is 429. The van der Waals surface area contributed by atoms with Crippen molar-refractivity contribution in [1.29, 1.82) is 0 Å². The van der Waals surface area contributed by atoms with Crippen LogP contribution in [0.5, 0.6) is 5.75 Å². The standard InChI is InChI=1S/C17H28N2O/c1-4-19(11-14-6-5-7-14)12-16(18)15-10-13(2)8-9-17(15)20-3/h8-10,14,16H,4-7,11-12,18H2,1-3H3. The van der Waals surface area contributed by atoms with E-state index in [1.54, 1.807) is 7.11 Å². The number of likely N-dealkylation sites (N-methyl/N-ethyl adjacent to an activating group) is 1. The number of hydrogen-bond donors (Lipinski definition) is 1. The zero-order chi connectivity index (χ0) is 14.5. The van der Waals surface area contributed by atoms with Gasteiger partial charge in [0.05, 0.1) is 7.11 Å². The van der Waals surface area contributed by atoms with Crippen LogP contribution >= 0.6 is 0 Å². The Labute approximate surface area is 123 Å². The molecule has 1 atom stereocenters. The van der Waals surface area contributed by atoms with Crippen LogP contribution in [0.25, 0.3) is 0 Å². The molecule has 1 aromatic carbocycles. The van der Waals surface area contributed by atoms with Crippen LogP contribution in [0.2, 0.25) is 0 Å². The lowest BCUT2D eigenvalue weighted by atomic mass is 9.85. The van der Waals surface area contributed by atoms with Gasteiger partial charge in [-0.05, 0) is 38.3 Å². The van der Waals surface area contributed by atoms with Gasteiger partial charge >= 0.3 is 0 Å². The van der Waals surface area contributed by atoms with E-state index in [2.05, 4.69) is 30.9 Å². The summed E-state index contributed by atoms with van der Waals surface area (Å²) in [7, 11) is 1.72. The second-order valence-electron chi connectivity index (χ2n) is 6.00. The molecule has 0 aliphatic heterocycles. The summed E-state index contributed by atoms with van der Waals surface area (Å²) in [4.78, 5) is 2.48. The van der Waals surface area contributed by atoms with Gasteiger partial charge in [-0.1, -0.05) is 31.0 Å². The molecule has 1 aromatic rings. The van der Waals surface area contributed by atoms with Gasteiger partial charge in [0.2, 0.25) is 0 Å². The second kappa shape index (κ2) is 7.09. The molecule has 1 unspecified atom stereocenters. The van der Waals surface area contributed by atoms with Crippen LogP contribution in [-0.2, 0) is 0 Å². The molecule has 3 nitrogen and oxygen atoms in total. The normalized spacial score (nSPS) is 17.1. The van der Waals surface area contributed by atoms with Gasteiger partial charge in [-0.3, -0.25) is 0 Å². The van der Waals surface area contributed by atoms with Crippen molar-refractivity contribution < 1.29 is 4.74 Å². The van der Waals surface area contributed by atoms with Crippen LogP contribution < -0.4 is 10.5 Å². The monoisotopic (exact) mass is 276 g/mol. The second-order valence-corrected chi connectivity index (χ2v) is 6.00. The molecule has 1 aliphatic rings. The fraction of sp³-hybridized carbons (Fsp3) is 0.647. The van der Waals surface area contributed by atoms with E-state index in [0.717, 1.165) is 30.3 Å². The molecule has 0 aromatic heterocycles. The van der Waals surface area contributed by atoms with Crippen LogP contribution in [0.3, 0.4) is 0 Å². The molecule has 0 radical (unpaired) electrons. The lowest BCUT2D eigenvalue weighted by Crippen LogP contribution is -2.37. The molecule has 112 valence electrons. The molecular formula is C17H28N2O. The third kappa shape index (κ3) is 3.74. The Balaban J connectivity index is 2.01. The van der Waals surface area contributed by atoms with Crippen LogP contribution in [0.1, 0.15) is 43.4 Å². The Morgan fingerprint density at radius 1 is 1.40 bits per heavy atom. The summed E-state index contributed by atoms with van der Waals surface area (Å²) in [6.45, 7) is 7.49. The fourth-order valence-electron chi connectivity index (χ4n) is 2.89. The molecule has 2 N–H and O–H groups in total. The Morgan fingerprint density at radius 3 is 2.70 bits per heavy atom. The van der Waals surface area contributed by atoms with E-state index in [-0.39, 0.29) is 6.04 Å². The Hall–Kier alpha value is -1.06. The minimum atomic E-state index is 0.0184. The number of benzene rings is 1. The molecular weight excluding hydrogens is 248 g/mol. The largest absolute Gasteiger partial charge is 0.496 e. The Morgan fingerprint density at radius 2 is 2.15 bits per heavy atom. The summed E-state index contributed by atoms with van der Waals surface area (Å²) >= 11 is 0. The molecule has 20 heavy (non-hydrogen) atoms. The maximum Gasteiger partial charge on any atom is 0.123 e. The molecule has 0 amide bonds. The first-order valence-electron chi connectivity index (χ1n) is 7.76. The molecule has 1 fully saturated rings. The van der Waals surface area contributed by atoms with Crippen LogP contribution in [-0.4, -0.2) is 31.6 Å². The summed E-state index contributed by atoms with van der Waals surface area (Å²) in [5.41, 5.74) is 8.79. The van der Waals surface area contributed by atoms with Crippen molar-refractivity contribution in [1.82, 2.24) is 4.90 Å². The van der Waals surface area contributed by atoms with Gasteiger partial charge in [0.15, 0.2) is 0 Å². The number of nitrogens with two attached hydrogens (primary N) is 1. The number of methoxy groups -OCH3 is 1. The number of rotatable bonds is 7. The zero-order valence-electron chi connectivity index (χ0n) is 13.1. The maximum absolute atomic E-state index is 6.43. The van der Waals surface area contributed by atoms with E-state index in [4.69, 9.17) is 10.5 Å². The van der Waals surface area contributed by atoms with Crippen molar-refractivity contribution in [3.63, 3.8) is 0 Å². The van der Waals surface area contributed by atoms with Gasteiger partial charge in [-0.25, -0.2) is 0 Å². The van der Waals surface area contributed by atoms with E-state index >= 15 is 0 Å². The van der Waals surface area contributed by atoms with Crippen LogP contribution in [0.4, 0.5) is 0 Å². The molecule has 0 bridgehead atoms. The van der Waals surface area contributed by atoms with Crippen molar-refractivity contribution in [3.8, 4) is 5.75 Å². The van der Waals surface area contributed by atoms with E-state index in [9.17, 15) is 0 Å². The molecule has 0 spiro atoms. The summed E-state index contributed by atoms with van der Waals surface area (Å²) in [6.07, 6.45) is 4.18. The lowest BCUT2D eigenvalue weighted by Gasteiger charge is -2.33. The third-order valence-corrected chi connectivity index (χ3v) is 4.43. The van der Waals surface area contributed by atoms with Crippen molar-refractivity contribution in [2.24, 2.45) is 11.7 Å². The number of hydrogen-bond acceptors (Lipinski definition) is 3. The van der Waals surface area contributed by atoms with Crippen molar-refractivity contribution >= 4 is 0 Å². The summed E-state index contributed by atoms with van der Waals surface area (Å²) < 4.78 is 5.45. The predicted octanol–water partition coefficient (Wildman–Crippen LogP) is 3.13. The maximum atomic E-state index is 6.43. The van der Waals surface area contributed by atoms with Crippen LogP contribution in [0, 0.1) is 12.8 Å². The SMILES string of the molecule is CCN(CC1CCC1)CC(N)c1cc(C)ccc1OC. The molecule has 2 rings (SSSR count). The van der Waals surface area contributed by atoms with Gasteiger partial charge in [-0.2, -0.15) is 0 Å². The quantitative estimate of drug-likeness (QED) is 0.831. The van der Waals surface area contributed by atoms with E-state index in [1.165, 1.54) is 31.4 Å². The number of aryl methyl sites for hydroxylation is 1. The van der Waals surface area contributed by atoms with Gasteiger partial charge in [0.25, 0.3) is 0 Å². The summed E-state index contributed by atoms with van der Waals surface area (Å²) in [5.74, 6) is 1.80. The van der Waals surface area contributed by atoms with Crippen LogP contribution in [0.15, 0.2) is 18.2 Å². The summed E-state index contributed by atoms with van der Waals surface area (Å²) in [6, 6.07) is 6.26. The highest BCUT2D eigenvalue weighted by Crippen LogP contribution is 2.29. The lowest BCUT2D eigenvalue weighted by molar-refractivity contribution is 0.176. The molecule has 3 heteroatoms. The molecule has 0 saturated heterocycles. The number of nitrogens with zero attached hydrogens (tertiary/aromatic N) is 1. The first-order valence-corrected chi connectivity index (χ1v) is 7.76. The van der Waals surface area contributed by atoms with Gasteiger partial charge < -0.3 is 15.4 Å². The first-order chi connectivity index (χ1) is 9.63. The van der Waals surface area contributed by atoms with E-state index < -0.39 is 0 Å². The Kier molecular flexibility index (Phi) is 5.44. The highest BCUT2D eigenvalue weighted by Gasteiger charge is 2.22. The van der Waals surface area contributed by atoms with Gasteiger partial charge in [0, 0.05) is 24.7 Å². The summed E-state index contributed by atoms with van der Waals surface area (Å²) in [5, 5.41) is 0. The average Bonchev–Trinajstić information content (AvgIpc) is 2.41.